The summed E-state index contributed by atoms with van der Waals surface area (Å²) in [6, 6.07) is 8.98. The minimum Gasteiger partial charge on any atom is -0.361 e. The Balaban J connectivity index is 1.58. The lowest BCUT2D eigenvalue weighted by Gasteiger charge is -2.58. The van der Waals surface area contributed by atoms with E-state index in [-0.39, 0.29) is 22.9 Å². The maximum absolute atomic E-state index is 13.8. The van der Waals surface area contributed by atoms with Gasteiger partial charge in [-0.3, -0.25) is 9.78 Å². The number of ether oxygens (including phenoxy) is 1. The molecule has 10 heteroatoms. The Labute approximate surface area is 215 Å². The number of urea groups is 1. The number of rotatable bonds is 6. The molecular weight excluding hydrogens is 485 g/mol. The Bertz CT molecular complexity index is 1180. The van der Waals surface area contributed by atoms with Crippen molar-refractivity contribution < 1.29 is 18.7 Å². The number of likely N-dealkylation sites (tertiary alicyclic amines) is 1. The first-order valence-corrected chi connectivity index (χ1v) is 12.4. The molecule has 2 saturated heterocycles. The Morgan fingerprint density at radius 3 is 2.64 bits per heavy atom. The predicted octanol–water partition coefficient (Wildman–Crippen LogP) is 4.64. The smallest absolute Gasteiger partial charge is 0.319 e. The number of aromatic nitrogens is 1. The lowest BCUT2D eigenvalue weighted by molar-refractivity contribution is -0.144. The van der Waals surface area contributed by atoms with E-state index < -0.39 is 23.5 Å². The third-order valence-electron chi connectivity index (χ3n) is 7.43. The topological polar surface area (TPSA) is 98.6 Å². The number of β-lactam (4-membered cyclic amide) rings is 1. The summed E-state index contributed by atoms with van der Waals surface area (Å²) in [5.41, 5.74) is 0.749. The van der Waals surface area contributed by atoms with E-state index >= 15 is 0 Å². The summed E-state index contributed by atoms with van der Waals surface area (Å²) in [5.74, 6) is -0.524. The summed E-state index contributed by atoms with van der Waals surface area (Å²) in [5, 5.41) is 12.0. The lowest BCUT2D eigenvalue weighted by atomic mass is 9.63. The van der Waals surface area contributed by atoms with Crippen LogP contribution >= 0.6 is 11.6 Å². The van der Waals surface area contributed by atoms with E-state index in [0.29, 0.717) is 42.9 Å². The van der Waals surface area contributed by atoms with Crippen molar-refractivity contribution in [3.05, 3.63) is 58.6 Å². The number of hydrogen-bond donors (Lipinski definition) is 1. The molecule has 1 aromatic heterocycles. The highest BCUT2D eigenvalue weighted by Crippen LogP contribution is 2.57. The van der Waals surface area contributed by atoms with Gasteiger partial charge in [0.1, 0.15) is 18.1 Å². The van der Waals surface area contributed by atoms with Crippen molar-refractivity contribution in [1.82, 2.24) is 15.2 Å². The molecule has 8 nitrogen and oxygen atoms in total. The summed E-state index contributed by atoms with van der Waals surface area (Å²) < 4.78 is 19.3. The molecule has 3 heterocycles. The van der Waals surface area contributed by atoms with Crippen LogP contribution in [0, 0.1) is 28.5 Å². The zero-order chi connectivity index (χ0) is 26.0. The van der Waals surface area contributed by atoms with Crippen molar-refractivity contribution >= 4 is 29.2 Å². The number of halogens is 2. The molecule has 1 N–H and O–H groups in total. The molecule has 0 saturated carbocycles. The van der Waals surface area contributed by atoms with Gasteiger partial charge in [0.25, 0.3) is 0 Å². The number of nitrogens with one attached hydrogen (secondary N) is 1. The Hall–Kier alpha value is -3.22. The van der Waals surface area contributed by atoms with Crippen LogP contribution in [0.25, 0.3) is 0 Å². The second-order valence-electron chi connectivity index (χ2n) is 9.39. The molecule has 36 heavy (non-hydrogen) atoms. The molecule has 190 valence electrons. The summed E-state index contributed by atoms with van der Waals surface area (Å²) in [6.45, 7) is 4.82. The molecule has 2 aromatic rings. The number of nitrogens with zero attached hydrogens (tertiary/aromatic N) is 4. The predicted molar refractivity (Wildman–Crippen MR) is 133 cm³/mol. The van der Waals surface area contributed by atoms with Gasteiger partial charge in [-0.05, 0) is 49.6 Å². The number of carbonyl (C=O) groups excluding carboxylic acids is 2. The van der Waals surface area contributed by atoms with Gasteiger partial charge < -0.3 is 19.9 Å². The van der Waals surface area contributed by atoms with E-state index in [4.69, 9.17) is 21.6 Å². The van der Waals surface area contributed by atoms with Gasteiger partial charge in [0.2, 0.25) is 5.91 Å². The molecule has 3 amide bonds. The van der Waals surface area contributed by atoms with Crippen molar-refractivity contribution in [3.63, 3.8) is 0 Å². The van der Waals surface area contributed by atoms with Crippen molar-refractivity contribution in [1.29, 1.82) is 5.26 Å². The number of anilines is 1. The zero-order valence-electron chi connectivity index (χ0n) is 20.5. The normalized spacial score (nSPS) is 20.4. The highest BCUT2D eigenvalue weighted by atomic mass is 35.5. The van der Waals surface area contributed by atoms with E-state index in [1.807, 2.05) is 13.8 Å². The van der Waals surface area contributed by atoms with Crippen molar-refractivity contribution in [2.75, 3.05) is 25.1 Å². The van der Waals surface area contributed by atoms with Gasteiger partial charge in [0, 0.05) is 38.0 Å². The molecule has 1 aromatic carbocycles. The van der Waals surface area contributed by atoms with Crippen LogP contribution in [-0.4, -0.2) is 48.2 Å². The third-order valence-corrected chi connectivity index (χ3v) is 7.72. The van der Waals surface area contributed by atoms with Gasteiger partial charge >= 0.3 is 6.03 Å². The SMILES string of the molecule is CCC(C)[C@H](NC(=O)N1CCC2(CC1)C(=O)N(c1ccc(F)c(Cl)c1)C2c1ccc(C#N)cn1)OC. The fraction of sp³-hybridized carbons (Fsp3) is 0.462. The first-order chi connectivity index (χ1) is 17.2. The summed E-state index contributed by atoms with van der Waals surface area (Å²) >= 11 is 6.01. The van der Waals surface area contributed by atoms with E-state index in [2.05, 4.69) is 16.4 Å². The molecule has 4 rings (SSSR count). The van der Waals surface area contributed by atoms with Gasteiger partial charge in [0.05, 0.1) is 27.7 Å². The van der Waals surface area contributed by atoms with Crippen LogP contribution in [0.5, 0.6) is 0 Å². The minimum atomic E-state index is -0.768. The standard InChI is InChI=1S/C26H29ClFN5O3/c1-4-16(2)23(36-3)31-25(35)32-11-9-26(10-12-32)22(21-8-5-17(14-29)15-30-21)33(24(26)34)18-6-7-20(28)19(27)13-18/h5-8,13,15-16,22-23H,4,9-12H2,1-3H3,(H,31,35)/t16?,22?,23-/m1/s1. The maximum Gasteiger partial charge on any atom is 0.319 e. The molecule has 2 unspecified atom stereocenters. The molecule has 3 atom stereocenters. The number of methoxy groups -OCH3 is 1. The van der Waals surface area contributed by atoms with Crippen LogP contribution in [0.4, 0.5) is 14.9 Å². The van der Waals surface area contributed by atoms with Crippen LogP contribution in [0.2, 0.25) is 5.02 Å². The van der Waals surface area contributed by atoms with Gasteiger partial charge in [-0.25, -0.2) is 9.18 Å². The van der Waals surface area contributed by atoms with Crippen molar-refractivity contribution in [2.24, 2.45) is 11.3 Å². The van der Waals surface area contributed by atoms with Gasteiger partial charge in [-0.1, -0.05) is 25.4 Å². The molecule has 0 aliphatic carbocycles. The number of nitriles is 1. The van der Waals surface area contributed by atoms with Gasteiger partial charge in [-0.2, -0.15) is 5.26 Å². The van der Waals surface area contributed by atoms with E-state index in [1.165, 1.54) is 24.4 Å². The van der Waals surface area contributed by atoms with Crippen molar-refractivity contribution in [3.8, 4) is 6.07 Å². The number of carbonyl (C=O) groups is 2. The molecule has 1 spiro atoms. The van der Waals surface area contributed by atoms with Crippen LogP contribution in [0.1, 0.15) is 50.4 Å². The average molecular weight is 514 g/mol. The molecule has 0 radical (unpaired) electrons. The fourth-order valence-corrected chi connectivity index (χ4v) is 5.24. The second-order valence-corrected chi connectivity index (χ2v) is 9.80. The summed E-state index contributed by atoms with van der Waals surface area (Å²) in [4.78, 5) is 34.3. The lowest BCUT2D eigenvalue weighted by Crippen LogP contribution is -2.67. The third kappa shape index (κ3) is 4.51. The Kier molecular flexibility index (Phi) is 7.48. The molecule has 0 bridgehead atoms. The fourth-order valence-electron chi connectivity index (χ4n) is 5.06. The van der Waals surface area contributed by atoms with Crippen LogP contribution in [0.15, 0.2) is 36.5 Å². The number of pyridine rings is 1. The average Bonchev–Trinajstić information content (AvgIpc) is 2.91. The summed E-state index contributed by atoms with van der Waals surface area (Å²) in [6.07, 6.45) is 2.83. The maximum atomic E-state index is 13.8. The van der Waals surface area contributed by atoms with E-state index in [9.17, 15) is 14.0 Å². The van der Waals surface area contributed by atoms with Crippen molar-refractivity contribution in [2.45, 2.75) is 45.4 Å². The monoisotopic (exact) mass is 513 g/mol. The minimum absolute atomic E-state index is 0.0757. The first-order valence-electron chi connectivity index (χ1n) is 12.0. The number of hydrogen-bond acceptors (Lipinski definition) is 5. The molecule has 2 aliphatic heterocycles. The molecular formula is C26H29ClFN5O3. The quantitative estimate of drug-likeness (QED) is 0.448. The Morgan fingerprint density at radius 1 is 1.36 bits per heavy atom. The molecule has 2 fully saturated rings. The van der Waals surface area contributed by atoms with E-state index in [1.54, 1.807) is 29.0 Å². The van der Waals surface area contributed by atoms with Gasteiger partial charge in [0.15, 0.2) is 0 Å². The Morgan fingerprint density at radius 2 is 2.08 bits per heavy atom. The first kappa shape index (κ1) is 25.9. The van der Waals surface area contributed by atoms with Crippen LogP contribution in [-0.2, 0) is 9.53 Å². The summed E-state index contributed by atoms with van der Waals surface area (Å²) in [7, 11) is 1.57. The largest absolute Gasteiger partial charge is 0.361 e. The van der Waals surface area contributed by atoms with E-state index in [0.717, 1.165) is 6.42 Å². The van der Waals surface area contributed by atoms with Crippen LogP contribution in [0.3, 0.4) is 0 Å². The highest BCUT2D eigenvalue weighted by Gasteiger charge is 2.62. The number of benzene rings is 1. The molecule has 2 aliphatic rings. The zero-order valence-corrected chi connectivity index (χ0v) is 21.3. The van der Waals surface area contributed by atoms with Crippen LogP contribution < -0.4 is 10.2 Å². The van der Waals surface area contributed by atoms with Gasteiger partial charge in [-0.15, -0.1) is 0 Å². The highest BCUT2D eigenvalue weighted by molar-refractivity contribution is 6.31. The number of piperidine rings is 1. The number of amides is 3. The second kappa shape index (κ2) is 10.4.